The molecule has 1 aromatic rings. The van der Waals surface area contributed by atoms with Gasteiger partial charge in [0.05, 0.1) is 12.1 Å². The van der Waals surface area contributed by atoms with Gasteiger partial charge < -0.3 is 9.84 Å². The molecule has 0 unspecified atom stereocenters. The van der Waals surface area contributed by atoms with Crippen LogP contribution in [-0.4, -0.2) is 18.8 Å². The molecule has 72 valence electrons. The van der Waals surface area contributed by atoms with Gasteiger partial charge in [-0.05, 0) is 18.1 Å². The molecule has 0 aliphatic rings. The van der Waals surface area contributed by atoms with E-state index in [1.807, 2.05) is 0 Å². The Labute approximate surface area is 80.9 Å². The van der Waals surface area contributed by atoms with Gasteiger partial charge in [0.15, 0.2) is 0 Å². The molecule has 0 spiro atoms. The number of ether oxygens (including phenoxy) is 1. The van der Waals surface area contributed by atoms with Gasteiger partial charge in [0.25, 0.3) is 0 Å². The third-order valence-electron chi connectivity index (χ3n) is 1.70. The Hall–Kier alpha value is -0.800. The minimum atomic E-state index is -0.514. The first-order valence-electron chi connectivity index (χ1n) is 3.81. The zero-order valence-corrected chi connectivity index (χ0v) is 7.94. The predicted molar refractivity (Wildman–Crippen MR) is 48.8 cm³/mol. The van der Waals surface area contributed by atoms with Crippen LogP contribution in [0, 0.1) is 5.82 Å². The van der Waals surface area contributed by atoms with Gasteiger partial charge in [0.2, 0.25) is 0 Å². The fraction of sp³-hybridized carbons (Fsp3) is 0.333. The summed E-state index contributed by atoms with van der Waals surface area (Å²) in [6.45, 7) is -0.0156. The summed E-state index contributed by atoms with van der Waals surface area (Å²) in [5.74, 6) is -0.101. The zero-order chi connectivity index (χ0) is 9.84. The Kier molecular flexibility index (Phi) is 3.51. The molecule has 0 radical (unpaired) electrons. The van der Waals surface area contributed by atoms with Gasteiger partial charge in [-0.15, -0.1) is 0 Å². The molecule has 0 saturated heterocycles. The van der Waals surface area contributed by atoms with Crippen molar-refractivity contribution in [3.63, 3.8) is 0 Å². The highest BCUT2D eigenvalue weighted by atomic mass is 35.5. The molecule has 1 rings (SSSR count). The van der Waals surface area contributed by atoms with Gasteiger partial charge >= 0.3 is 0 Å². The van der Waals surface area contributed by atoms with Crippen molar-refractivity contribution in [3.05, 3.63) is 28.5 Å². The van der Waals surface area contributed by atoms with E-state index >= 15 is 0 Å². The minimum absolute atomic E-state index is 0.0156. The lowest BCUT2D eigenvalue weighted by Gasteiger charge is -2.07. The van der Waals surface area contributed by atoms with Crippen molar-refractivity contribution in [1.29, 1.82) is 0 Å². The number of benzene rings is 1. The highest BCUT2D eigenvalue weighted by Gasteiger charge is 2.08. The maximum absolute atomic E-state index is 12.9. The third kappa shape index (κ3) is 2.32. The number of hydrogen-bond acceptors (Lipinski definition) is 2. The maximum atomic E-state index is 12.9. The molecule has 0 heterocycles. The van der Waals surface area contributed by atoms with Gasteiger partial charge in [0, 0.05) is 12.7 Å². The number of hydrogen-bond donors (Lipinski definition) is 1. The van der Waals surface area contributed by atoms with Crippen LogP contribution in [0.25, 0.3) is 0 Å². The molecule has 0 atom stereocenters. The average Bonchev–Trinajstić information content (AvgIpc) is 2.11. The normalized spacial score (nSPS) is 10.2. The van der Waals surface area contributed by atoms with Crippen molar-refractivity contribution < 1.29 is 14.2 Å². The lowest BCUT2D eigenvalue weighted by Crippen LogP contribution is -1.96. The van der Waals surface area contributed by atoms with E-state index in [-0.39, 0.29) is 11.6 Å². The molecule has 0 aliphatic carbocycles. The number of aliphatic hydroxyl groups is 1. The third-order valence-corrected chi connectivity index (χ3v) is 1.99. The van der Waals surface area contributed by atoms with E-state index in [9.17, 15) is 4.39 Å². The average molecular weight is 205 g/mol. The van der Waals surface area contributed by atoms with Gasteiger partial charge in [-0.25, -0.2) is 4.39 Å². The summed E-state index contributed by atoms with van der Waals surface area (Å²) in [5.41, 5.74) is 0.705. The van der Waals surface area contributed by atoms with Gasteiger partial charge in [-0.2, -0.15) is 0 Å². The van der Waals surface area contributed by atoms with Crippen LogP contribution in [0.3, 0.4) is 0 Å². The first-order valence-corrected chi connectivity index (χ1v) is 4.19. The summed E-state index contributed by atoms with van der Waals surface area (Å²) in [6.07, 6.45) is 0.406. The van der Waals surface area contributed by atoms with Crippen LogP contribution in [0.1, 0.15) is 5.56 Å². The maximum Gasteiger partial charge on any atom is 0.145 e. The first-order chi connectivity index (χ1) is 6.19. The molecular formula is C9H10ClFO2. The van der Waals surface area contributed by atoms with Crippen LogP contribution in [-0.2, 0) is 6.42 Å². The number of methoxy groups -OCH3 is 1. The van der Waals surface area contributed by atoms with E-state index in [0.29, 0.717) is 17.7 Å². The zero-order valence-electron chi connectivity index (χ0n) is 7.18. The lowest BCUT2D eigenvalue weighted by atomic mass is 10.1. The second kappa shape index (κ2) is 4.44. The topological polar surface area (TPSA) is 29.5 Å². The predicted octanol–water partition coefficient (Wildman–Crippen LogP) is 2.02. The van der Waals surface area contributed by atoms with Gasteiger partial charge in [-0.1, -0.05) is 11.6 Å². The number of rotatable bonds is 3. The Morgan fingerprint density at radius 3 is 2.77 bits per heavy atom. The molecule has 0 amide bonds. The summed E-state index contributed by atoms with van der Waals surface area (Å²) < 4.78 is 17.8. The Bertz CT molecular complexity index is 302. The highest BCUT2D eigenvalue weighted by molar-refractivity contribution is 6.30. The molecule has 4 heteroatoms. The Morgan fingerprint density at radius 2 is 2.23 bits per heavy atom. The van der Waals surface area contributed by atoms with Crippen LogP contribution >= 0.6 is 11.6 Å². The monoisotopic (exact) mass is 204 g/mol. The van der Waals surface area contributed by atoms with E-state index in [0.717, 1.165) is 0 Å². The van der Waals surface area contributed by atoms with Crippen molar-refractivity contribution in [3.8, 4) is 5.75 Å². The molecule has 1 N–H and O–H groups in total. The van der Waals surface area contributed by atoms with Crippen LogP contribution in [0.15, 0.2) is 12.1 Å². The molecule has 0 fully saturated rings. The first kappa shape index (κ1) is 10.3. The van der Waals surface area contributed by atoms with Crippen molar-refractivity contribution in [2.75, 3.05) is 13.7 Å². The Balaban J connectivity index is 3.09. The molecule has 0 aromatic heterocycles. The fourth-order valence-electron chi connectivity index (χ4n) is 1.08. The standard InChI is InChI=1S/C9H10ClFO2/c1-13-9-5-8(11)7(10)4-6(9)2-3-12/h4-5,12H,2-3H2,1H3. The fourth-order valence-corrected chi connectivity index (χ4v) is 1.26. The van der Waals surface area contributed by atoms with E-state index < -0.39 is 5.82 Å². The number of halogens is 2. The second-order valence-electron chi connectivity index (χ2n) is 2.55. The van der Waals surface area contributed by atoms with Crippen LogP contribution in [0.4, 0.5) is 4.39 Å². The van der Waals surface area contributed by atoms with Crippen molar-refractivity contribution in [1.82, 2.24) is 0 Å². The van der Waals surface area contributed by atoms with E-state index in [4.69, 9.17) is 21.4 Å². The van der Waals surface area contributed by atoms with Crippen LogP contribution < -0.4 is 4.74 Å². The SMILES string of the molecule is COc1cc(F)c(Cl)cc1CCO. The molecule has 0 saturated carbocycles. The van der Waals surface area contributed by atoms with E-state index in [2.05, 4.69) is 0 Å². The van der Waals surface area contributed by atoms with Crippen LogP contribution in [0.5, 0.6) is 5.75 Å². The minimum Gasteiger partial charge on any atom is -0.496 e. The molecule has 1 aromatic carbocycles. The number of aliphatic hydroxyl groups excluding tert-OH is 1. The van der Waals surface area contributed by atoms with Crippen molar-refractivity contribution in [2.45, 2.75) is 6.42 Å². The molecule has 0 aliphatic heterocycles. The summed E-state index contributed by atoms with van der Waals surface area (Å²) in [6, 6.07) is 2.68. The second-order valence-corrected chi connectivity index (χ2v) is 2.96. The highest BCUT2D eigenvalue weighted by Crippen LogP contribution is 2.26. The van der Waals surface area contributed by atoms with E-state index in [1.54, 1.807) is 0 Å². The summed E-state index contributed by atoms with van der Waals surface area (Å²) in [4.78, 5) is 0. The van der Waals surface area contributed by atoms with Gasteiger partial charge in [0.1, 0.15) is 11.6 Å². The Morgan fingerprint density at radius 1 is 1.54 bits per heavy atom. The van der Waals surface area contributed by atoms with E-state index in [1.165, 1.54) is 19.2 Å². The molecule has 2 nitrogen and oxygen atoms in total. The summed E-state index contributed by atoms with van der Waals surface area (Å²) in [7, 11) is 1.45. The quantitative estimate of drug-likeness (QED) is 0.817. The molecule has 0 bridgehead atoms. The van der Waals surface area contributed by atoms with Gasteiger partial charge in [-0.3, -0.25) is 0 Å². The summed E-state index contributed by atoms with van der Waals surface area (Å²) >= 11 is 5.57. The van der Waals surface area contributed by atoms with Crippen LogP contribution in [0.2, 0.25) is 5.02 Å². The van der Waals surface area contributed by atoms with Crippen molar-refractivity contribution in [2.24, 2.45) is 0 Å². The largest absolute Gasteiger partial charge is 0.496 e. The summed E-state index contributed by atoms with van der Waals surface area (Å²) in [5, 5.41) is 8.75. The van der Waals surface area contributed by atoms with Crippen molar-refractivity contribution >= 4 is 11.6 Å². The molecule has 13 heavy (non-hydrogen) atoms. The smallest absolute Gasteiger partial charge is 0.145 e. The molecular weight excluding hydrogens is 195 g/mol. The lowest BCUT2D eigenvalue weighted by molar-refractivity contribution is 0.296.